The van der Waals surface area contributed by atoms with Gasteiger partial charge >= 0.3 is 0 Å². The number of aliphatic hydroxyl groups is 1. The minimum atomic E-state index is -0.498. The van der Waals surface area contributed by atoms with Gasteiger partial charge in [0.05, 0.1) is 12.4 Å². The highest BCUT2D eigenvalue weighted by atomic mass is 16.3. The number of benzene rings is 1. The molecule has 0 spiro atoms. The van der Waals surface area contributed by atoms with Gasteiger partial charge in [-0.1, -0.05) is 26.0 Å². The number of imidazole rings is 1. The van der Waals surface area contributed by atoms with Gasteiger partial charge in [0.25, 0.3) is 0 Å². The molecule has 1 atom stereocenters. The van der Waals surface area contributed by atoms with Crippen LogP contribution in [-0.4, -0.2) is 33.2 Å². The number of hydrogen-bond acceptors (Lipinski definition) is 3. The molecule has 0 aliphatic rings. The Kier molecular flexibility index (Phi) is 6.11. The Bertz CT molecular complexity index is 631. The third-order valence-electron chi connectivity index (χ3n) is 3.38. The average molecular weight is 313 g/mol. The van der Waals surface area contributed by atoms with Gasteiger partial charge in [-0.15, -0.1) is 0 Å². The first kappa shape index (κ1) is 17.0. The van der Waals surface area contributed by atoms with Crippen molar-refractivity contribution in [3.8, 4) is 5.69 Å². The van der Waals surface area contributed by atoms with Crippen LogP contribution in [0.1, 0.15) is 25.8 Å². The predicted octanol–water partition coefficient (Wildman–Crippen LogP) is 2.41. The molecular weight excluding hydrogens is 290 g/mol. The molecule has 1 heterocycles. The number of rotatable bonds is 7. The molecule has 1 aromatic heterocycles. The Morgan fingerprint density at radius 2 is 2.09 bits per heavy atom. The van der Waals surface area contributed by atoms with Gasteiger partial charge in [0.1, 0.15) is 0 Å². The summed E-state index contributed by atoms with van der Waals surface area (Å²) in [5.74, 6) is 0.206. The summed E-state index contributed by atoms with van der Waals surface area (Å²) in [5, 5.41) is 12.4. The van der Waals surface area contributed by atoms with E-state index in [4.69, 9.17) is 0 Å². The first-order valence-corrected chi connectivity index (χ1v) is 7.77. The van der Waals surface area contributed by atoms with Crippen LogP contribution in [0.15, 0.2) is 49.1 Å². The third-order valence-corrected chi connectivity index (χ3v) is 3.38. The summed E-state index contributed by atoms with van der Waals surface area (Å²) < 4.78 is 1.91. The highest BCUT2D eigenvalue weighted by Gasteiger charge is 2.07. The van der Waals surface area contributed by atoms with Gasteiger partial charge in [0.2, 0.25) is 5.91 Å². The number of aliphatic hydroxyl groups excluding tert-OH is 1. The van der Waals surface area contributed by atoms with Gasteiger partial charge < -0.3 is 15.0 Å². The summed E-state index contributed by atoms with van der Waals surface area (Å²) in [6, 6.07) is 7.80. The van der Waals surface area contributed by atoms with E-state index in [1.54, 1.807) is 18.6 Å². The van der Waals surface area contributed by atoms with Gasteiger partial charge in [-0.3, -0.25) is 4.79 Å². The lowest BCUT2D eigenvalue weighted by Crippen LogP contribution is -2.31. The molecule has 5 nitrogen and oxygen atoms in total. The van der Waals surface area contributed by atoms with Gasteiger partial charge in [0, 0.05) is 30.7 Å². The Labute approximate surface area is 136 Å². The molecule has 0 bridgehead atoms. The molecule has 2 rings (SSSR count). The maximum absolute atomic E-state index is 11.7. The summed E-state index contributed by atoms with van der Waals surface area (Å²) in [6.45, 7) is 4.36. The van der Waals surface area contributed by atoms with Crippen molar-refractivity contribution in [3.63, 3.8) is 0 Å². The van der Waals surface area contributed by atoms with E-state index in [-0.39, 0.29) is 12.5 Å². The molecule has 2 N–H and O–H groups in total. The number of aromatic nitrogens is 2. The van der Waals surface area contributed by atoms with Crippen molar-refractivity contribution in [2.24, 2.45) is 5.92 Å². The van der Waals surface area contributed by atoms with Gasteiger partial charge in [0.15, 0.2) is 0 Å². The number of carbonyl (C=O) groups is 1. The molecule has 1 unspecified atom stereocenters. The fraction of sp³-hybridized carbons (Fsp3) is 0.333. The normalized spacial score (nSPS) is 12.7. The van der Waals surface area contributed by atoms with E-state index >= 15 is 0 Å². The van der Waals surface area contributed by atoms with Crippen molar-refractivity contribution < 1.29 is 9.90 Å². The van der Waals surface area contributed by atoms with Crippen molar-refractivity contribution in [1.82, 2.24) is 14.9 Å². The maximum atomic E-state index is 11.7. The quantitative estimate of drug-likeness (QED) is 0.771. The number of nitrogens with zero attached hydrogens (tertiary/aromatic N) is 2. The van der Waals surface area contributed by atoms with E-state index in [2.05, 4.69) is 10.3 Å². The lowest BCUT2D eigenvalue weighted by Gasteiger charge is -2.12. The van der Waals surface area contributed by atoms with Crippen LogP contribution >= 0.6 is 0 Å². The van der Waals surface area contributed by atoms with Crippen molar-refractivity contribution in [1.29, 1.82) is 0 Å². The monoisotopic (exact) mass is 313 g/mol. The summed E-state index contributed by atoms with van der Waals surface area (Å²) in [7, 11) is 0. The van der Waals surface area contributed by atoms with Crippen LogP contribution in [0.5, 0.6) is 0 Å². The first-order chi connectivity index (χ1) is 11.0. The SMILES string of the molecule is CC(C)CC(O)CNC(=O)/C=C/c1ccc(-n2ccnc2)cc1. The molecule has 0 saturated carbocycles. The van der Waals surface area contributed by atoms with Crippen molar-refractivity contribution in [3.05, 3.63) is 54.6 Å². The van der Waals surface area contributed by atoms with Gasteiger partial charge in [-0.05, 0) is 36.1 Å². The lowest BCUT2D eigenvalue weighted by molar-refractivity contribution is -0.116. The molecule has 0 aliphatic heterocycles. The van der Waals surface area contributed by atoms with Crippen molar-refractivity contribution in [2.75, 3.05) is 6.54 Å². The third kappa shape index (κ3) is 5.71. The summed E-state index contributed by atoms with van der Waals surface area (Å²) in [4.78, 5) is 15.7. The van der Waals surface area contributed by atoms with E-state index in [9.17, 15) is 9.90 Å². The van der Waals surface area contributed by atoms with E-state index in [1.807, 2.05) is 48.9 Å². The van der Waals surface area contributed by atoms with Crippen molar-refractivity contribution >= 4 is 12.0 Å². The van der Waals surface area contributed by atoms with E-state index in [0.717, 1.165) is 11.3 Å². The highest BCUT2D eigenvalue weighted by molar-refractivity contribution is 5.91. The van der Waals surface area contributed by atoms with E-state index in [0.29, 0.717) is 12.3 Å². The predicted molar refractivity (Wildman–Crippen MR) is 91.1 cm³/mol. The molecule has 0 fully saturated rings. The van der Waals surface area contributed by atoms with Crippen LogP contribution in [0.3, 0.4) is 0 Å². The Balaban J connectivity index is 1.84. The Hall–Kier alpha value is -2.40. The zero-order valence-corrected chi connectivity index (χ0v) is 13.5. The maximum Gasteiger partial charge on any atom is 0.244 e. The average Bonchev–Trinajstić information content (AvgIpc) is 3.05. The molecule has 122 valence electrons. The largest absolute Gasteiger partial charge is 0.391 e. The molecule has 0 radical (unpaired) electrons. The zero-order valence-electron chi connectivity index (χ0n) is 13.5. The number of nitrogens with one attached hydrogen (secondary N) is 1. The van der Waals surface area contributed by atoms with Crippen molar-refractivity contribution in [2.45, 2.75) is 26.4 Å². The fourth-order valence-electron chi connectivity index (χ4n) is 2.25. The van der Waals surface area contributed by atoms with Crippen LogP contribution < -0.4 is 5.32 Å². The smallest absolute Gasteiger partial charge is 0.244 e. The second-order valence-corrected chi connectivity index (χ2v) is 5.92. The van der Waals surface area contributed by atoms with E-state index < -0.39 is 6.10 Å². The minimum absolute atomic E-state index is 0.202. The van der Waals surface area contributed by atoms with Crippen LogP contribution in [0.4, 0.5) is 0 Å². The van der Waals surface area contributed by atoms with Gasteiger partial charge in [-0.25, -0.2) is 4.98 Å². The second-order valence-electron chi connectivity index (χ2n) is 5.92. The fourth-order valence-corrected chi connectivity index (χ4v) is 2.25. The molecule has 1 aromatic carbocycles. The van der Waals surface area contributed by atoms with Crippen LogP contribution in [0.2, 0.25) is 0 Å². The Morgan fingerprint density at radius 3 is 2.70 bits per heavy atom. The molecule has 0 saturated heterocycles. The summed E-state index contributed by atoms with van der Waals surface area (Å²) >= 11 is 0. The summed E-state index contributed by atoms with van der Waals surface area (Å²) in [5.41, 5.74) is 1.95. The Morgan fingerprint density at radius 1 is 1.35 bits per heavy atom. The molecule has 2 aromatic rings. The van der Waals surface area contributed by atoms with Gasteiger partial charge in [-0.2, -0.15) is 0 Å². The standard InChI is InChI=1S/C18H23N3O2/c1-14(2)11-17(22)12-20-18(23)8-5-15-3-6-16(7-4-15)21-10-9-19-13-21/h3-10,13-14,17,22H,11-12H2,1-2H3,(H,20,23)/b8-5+. The number of carbonyl (C=O) groups excluding carboxylic acids is 1. The highest BCUT2D eigenvalue weighted by Crippen LogP contribution is 2.10. The molecule has 0 aliphatic carbocycles. The first-order valence-electron chi connectivity index (χ1n) is 7.77. The molecular formula is C18H23N3O2. The van der Waals surface area contributed by atoms with Crippen LogP contribution in [0.25, 0.3) is 11.8 Å². The zero-order chi connectivity index (χ0) is 16.7. The van der Waals surface area contributed by atoms with Crippen LogP contribution in [-0.2, 0) is 4.79 Å². The lowest BCUT2D eigenvalue weighted by atomic mass is 10.1. The number of hydrogen-bond donors (Lipinski definition) is 2. The van der Waals surface area contributed by atoms with Crippen LogP contribution in [0, 0.1) is 5.92 Å². The topological polar surface area (TPSA) is 67.2 Å². The van der Waals surface area contributed by atoms with E-state index in [1.165, 1.54) is 6.08 Å². The summed E-state index contributed by atoms with van der Waals surface area (Å²) in [6.07, 6.45) is 8.75. The number of amides is 1. The molecule has 5 heteroatoms. The second kappa shape index (κ2) is 8.29. The molecule has 1 amide bonds. The minimum Gasteiger partial charge on any atom is -0.391 e. The molecule has 23 heavy (non-hydrogen) atoms.